The standard InChI is InChI=1S/C22H38N2O2S/c1-2-3-4-5-6-7-8-9-10-14-21-27(25,26)24-19-17-23(18-20-24)22-15-12-11-13-16-22/h11-13,15-16H,2-10,14,17-21H2,1H3. The maximum Gasteiger partial charge on any atom is 0.214 e. The maximum absolute atomic E-state index is 12.6. The predicted molar refractivity (Wildman–Crippen MR) is 116 cm³/mol. The van der Waals surface area contributed by atoms with E-state index in [1.165, 1.54) is 57.1 Å². The maximum atomic E-state index is 12.6. The van der Waals surface area contributed by atoms with Gasteiger partial charge in [0.2, 0.25) is 10.0 Å². The Bertz CT molecular complexity index is 596. The zero-order valence-corrected chi connectivity index (χ0v) is 17.9. The first-order chi connectivity index (χ1) is 13.1. The third-order valence-corrected chi connectivity index (χ3v) is 7.47. The molecule has 0 spiro atoms. The van der Waals surface area contributed by atoms with Crippen molar-refractivity contribution in [1.82, 2.24) is 4.31 Å². The Labute approximate surface area is 167 Å². The van der Waals surface area contributed by atoms with E-state index in [4.69, 9.17) is 0 Å². The molecule has 0 aromatic heterocycles. The van der Waals surface area contributed by atoms with Crippen molar-refractivity contribution in [3.05, 3.63) is 30.3 Å². The Hall–Kier alpha value is -1.07. The molecule has 0 amide bonds. The molecule has 27 heavy (non-hydrogen) atoms. The molecule has 0 unspecified atom stereocenters. The van der Waals surface area contributed by atoms with Gasteiger partial charge in [-0.3, -0.25) is 0 Å². The lowest BCUT2D eigenvalue weighted by Crippen LogP contribution is -2.49. The lowest BCUT2D eigenvalue weighted by atomic mass is 10.1. The molecule has 4 nitrogen and oxygen atoms in total. The van der Waals surface area contributed by atoms with Crippen molar-refractivity contribution in [3.8, 4) is 0 Å². The van der Waals surface area contributed by atoms with E-state index in [1.807, 2.05) is 18.2 Å². The highest BCUT2D eigenvalue weighted by Crippen LogP contribution is 2.18. The Balaban J connectivity index is 1.56. The summed E-state index contributed by atoms with van der Waals surface area (Å²) in [7, 11) is -3.09. The summed E-state index contributed by atoms with van der Waals surface area (Å²) >= 11 is 0. The van der Waals surface area contributed by atoms with Gasteiger partial charge in [0, 0.05) is 31.9 Å². The SMILES string of the molecule is CCCCCCCCCCCCS(=O)(=O)N1CCN(c2ccccc2)CC1. The number of benzene rings is 1. The van der Waals surface area contributed by atoms with Crippen LogP contribution in [0.3, 0.4) is 0 Å². The molecule has 0 N–H and O–H groups in total. The predicted octanol–water partition coefficient (Wildman–Crippen LogP) is 5.06. The van der Waals surface area contributed by atoms with Gasteiger partial charge >= 0.3 is 0 Å². The number of hydrogen-bond donors (Lipinski definition) is 0. The number of hydrogen-bond acceptors (Lipinski definition) is 3. The minimum absolute atomic E-state index is 0.314. The van der Waals surface area contributed by atoms with Gasteiger partial charge in [-0.25, -0.2) is 8.42 Å². The molecule has 0 bridgehead atoms. The molecule has 0 saturated carbocycles. The second-order valence-corrected chi connectivity index (χ2v) is 9.81. The first-order valence-electron chi connectivity index (χ1n) is 10.9. The summed E-state index contributed by atoms with van der Waals surface area (Å²) in [5.74, 6) is 0.314. The van der Waals surface area contributed by atoms with Crippen LogP contribution >= 0.6 is 0 Å². The fourth-order valence-corrected chi connectivity index (χ4v) is 5.31. The number of anilines is 1. The molecule has 0 atom stereocenters. The topological polar surface area (TPSA) is 40.6 Å². The van der Waals surface area contributed by atoms with Gasteiger partial charge in [-0.1, -0.05) is 82.9 Å². The van der Waals surface area contributed by atoms with Gasteiger partial charge in [-0.05, 0) is 18.6 Å². The minimum Gasteiger partial charge on any atom is -0.369 e. The van der Waals surface area contributed by atoms with Crippen LogP contribution in [0.15, 0.2) is 30.3 Å². The van der Waals surface area contributed by atoms with Crippen molar-refractivity contribution < 1.29 is 8.42 Å². The largest absolute Gasteiger partial charge is 0.369 e. The number of unbranched alkanes of at least 4 members (excludes halogenated alkanes) is 9. The van der Waals surface area contributed by atoms with E-state index in [0.29, 0.717) is 18.8 Å². The average Bonchev–Trinajstić information content (AvgIpc) is 2.70. The van der Waals surface area contributed by atoms with Gasteiger partial charge in [-0.2, -0.15) is 4.31 Å². The Morgan fingerprint density at radius 1 is 0.741 bits per heavy atom. The normalized spacial score (nSPS) is 16.0. The van der Waals surface area contributed by atoms with Gasteiger partial charge in [-0.15, -0.1) is 0 Å². The van der Waals surface area contributed by atoms with E-state index >= 15 is 0 Å². The average molecular weight is 395 g/mol. The smallest absolute Gasteiger partial charge is 0.214 e. The lowest BCUT2D eigenvalue weighted by Gasteiger charge is -2.35. The third kappa shape index (κ3) is 8.22. The molecule has 5 heteroatoms. The van der Waals surface area contributed by atoms with Crippen molar-refractivity contribution in [2.24, 2.45) is 0 Å². The molecule has 1 heterocycles. The van der Waals surface area contributed by atoms with Crippen LogP contribution in [0.25, 0.3) is 0 Å². The van der Waals surface area contributed by atoms with Crippen LogP contribution in [0.5, 0.6) is 0 Å². The highest BCUT2D eigenvalue weighted by molar-refractivity contribution is 7.89. The summed E-state index contributed by atoms with van der Waals surface area (Å²) in [5, 5.41) is 0. The first kappa shape index (κ1) is 22.2. The molecular weight excluding hydrogens is 356 g/mol. The van der Waals surface area contributed by atoms with E-state index in [9.17, 15) is 8.42 Å². The highest BCUT2D eigenvalue weighted by atomic mass is 32.2. The van der Waals surface area contributed by atoms with Gasteiger partial charge in [0.15, 0.2) is 0 Å². The van der Waals surface area contributed by atoms with Crippen molar-refractivity contribution in [3.63, 3.8) is 0 Å². The van der Waals surface area contributed by atoms with E-state index in [-0.39, 0.29) is 0 Å². The molecule has 1 saturated heterocycles. The van der Waals surface area contributed by atoms with Crippen molar-refractivity contribution in [2.45, 2.75) is 71.1 Å². The van der Waals surface area contributed by atoms with Crippen LogP contribution in [0.4, 0.5) is 5.69 Å². The lowest BCUT2D eigenvalue weighted by molar-refractivity contribution is 0.384. The molecule has 2 rings (SSSR count). The zero-order chi connectivity index (χ0) is 19.4. The number of sulfonamides is 1. The number of rotatable bonds is 13. The molecule has 1 fully saturated rings. The molecule has 0 radical (unpaired) electrons. The van der Waals surface area contributed by atoms with Crippen LogP contribution in [-0.4, -0.2) is 44.7 Å². The summed E-state index contributed by atoms with van der Waals surface area (Å²) in [5.41, 5.74) is 1.18. The van der Waals surface area contributed by atoms with Crippen LogP contribution in [0, 0.1) is 0 Å². The number of para-hydroxylation sites is 1. The third-order valence-electron chi connectivity index (χ3n) is 5.51. The summed E-state index contributed by atoms with van der Waals surface area (Å²) < 4.78 is 26.8. The van der Waals surface area contributed by atoms with Gasteiger partial charge < -0.3 is 4.90 Å². The Morgan fingerprint density at radius 2 is 1.26 bits per heavy atom. The van der Waals surface area contributed by atoms with Gasteiger partial charge in [0.05, 0.1) is 5.75 Å². The van der Waals surface area contributed by atoms with E-state index in [0.717, 1.165) is 25.9 Å². The summed E-state index contributed by atoms with van der Waals surface area (Å²) in [6.07, 6.45) is 12.3. The molecule has 1 aromatic carbocycles. The quantitative estimate of drug-likeness (QED) is 0.439. The van der Waals surface area contributed by atoms with Crippen LogP contribution < -0.4 is 4.90 Å². The van der Waals surface area contributed by atoms with Crippen molar-refractivity contribution in [2.75, 3.05) is 36.8 Å². The second kappa shape index (κ2) is 12.4. The van der Waals surface area contributed by atoms with Gasteiger partial charge in [0.1, 0.15) is 0 Å². The summed E-state index contributed by atoms with van der Waals surface area (Å²) in [6.45, 7) is 5.02. The summed E-state index contributed by atoms with van der Waals surface area (Å²) in [6, 6.07) is 10.3. The number of nitrogens with zero attached hydrogens (tertiary/aromatic N) is 2. The van der Waals surface area contributed by atoms with Crippen LogP contribution in [-0.2, 0) is 10.0 Å². The minimum atomic E-state index is -3.09. The molecule has 0 aliphatic carbocycles. The highest BCUT2D eigenvalue weighted by Gasteiger charge is 2.26. The van der Waals surface area contributed by atoms with E-state index < -0.39 is 10.0 Å². The molecular formula is C22H38N2O2S. The van der Waals surface area contributed by atoms with Crippen molar-refractivity contribution in [1.29, 1.82) is 0 Å². The van der Waals surface area contributed by atoms with Crippen molar-refractivity contribution >= 4 is 15.7 Å². The first-order valence-corrected chi connectivity index (χ1v) is 12.5. The Kier molecular flexibility index (Phi) is 10.2. The monoisotopic (exact) mass is 394 g/mol. The fraction of sp³-hybridized carbons (Fsp3) is 0.727. The summed E-state index contributed by atoms with van der Waals surface area (Å²) in [4.78, 5) is 2.27. The molecule has 1 aromatic rings. The van der Waals surface area contributed by atoms with Gasteiger partial charge in [0.25, 0.3) is 0 Å². The fourth-order valence-electron chi connectivity index (χ4n) is 3.76. The van der Waals surface area contributed by atoms with Crippen LogP contribution in [0.2, 0.25) is 0 Å². The second-order valence-electron chi connectivity index (χ2n) is 7.72. The zero-order valence-electron chi connectivity index (χ0n) is 17.1. The molecule has 154 valence electrons. The molecule has 1 aliphatic heterocycles. The Morgan fingerprint density at radius 3 is 1.81 bits per heavy atom. The van der Waals surface area contributed by atoms with E-state index in [2.05, 4.69) is 24.0 Å². The van der Waals surface area contributed by atoms with Crippen LogP contribution in [0.1, 0.15) is 71.1 Å². The molecule has 1 aliphatic rings. The number of piperazine rings is 1. The van der Waals surface area contributed by atoms with E-state index in [1.54, 1.807) is 4.31 Å².